The van der Waals surface area contributed by atoms with Crippen LogP contribution in [0.5, 0.6) is 0 Å². The van der Waals surface area contributed by atoms with E-state index in [0.717, 1.165) is 31.2 Å². The van der Waals surface area contributed by atoms with Gasteiger partial charge in [-0.15, -0.1) is 0 Å². The highest BCUT2D eigenvalue weighted by molar-refractivity contribution is 6.01. The number of aromatic nitrogens is 3. The third-order valence-electron chi connectivity index (χ3n) is 6.75. The van der Waals surface area contributed by atoms with E-state index in [-0.39, 0.29) is 30.3 Å². The number of primary amides is 1. The van der Waals surface area contributed by atoms with Crippen molar-refractivity contribution in [3.05, 3.63) is 47.8 Å². The first-order valence-corrected chi connectivity index (χ1v) is 12.1. The van der Waals surface area contributed by atoms with Gasteiger partial charge in [0.15, 0.2) is 0 Å². The molecule has 3 aromatic rings. The minimum Gasteiger partial charge on any atom is -0.448 e. The minimum atomic E-state index is -0.645. The van der Waals surface area contributed by atoms with Crippen LogP contribution in [0.25, 0.3) is 16.9 Å². The molecule has 0 aromatic carbocycles. The molecule has 1 aliphatic carbocycles. The number of carbonyl (C=O) groups excluding carboxylic acids is 3. The van der Waals surface area contributed by atoms with Crippen LogP contribution in [0.1, 0.15) is 41.6 Å². The summed E-state index contributed by atoms with van der Waals surface area (Å²) in [5.41, 5.74) is 8.52. The smallest absolute Gasteiger partial charge is 0.410 e. The Labute approximate surface area is 212 Å². The van der Waals surface area contributed by atoms with Crippen LogP contribution in [0.2, 0.25) is 0 Å². The zero-order valence-electron chi connectivity index (χ0n) is 20.0. The molecule has 0 radical (unpaired) electrons. The van der Waals surface area contributed by atoms with Crippen molar-refractivity contribution in [1.82, 2.24) is 24.8 Å². The summed E-state index contributed by atoms with van der Waals surface area (Å²) in [6, 6.07) is 9.51. The first-order chi connectivity index (χ1) is 17.9. The van der Waals surface area contributed by atoms with Gasteiger partial charge in [0.25, 0.3) is 5.91 Å². The van der Waals surface area contributed by atoms with Crippen LogP contribution < -0.4 is 16.4 Å². The van der Waals surface area contributed by atoms with E-state index in [1.54, 1.807) is 21.5 Å². The van der Waals surface area contributed by atoms with E-state index in [9.17, 15) is 14.4 Å². The van der Waals surface area contributed by atoms with Crippen molar-refractivity contribution in [2.45, 2.75) is 37.8 Å². The van der Waals surface area contributed by atoms with E-state index in [1.165, 1.54) is 12.4 Å². The molecule has 0 bridgehead atoms. The fraction of sp³-hybridized carbons (Fsp3) is 0.360. The van der Waals surface area contributed by atoms with Gasteiger partial charge < -0.3 is 26.0 Å². The fourth-order valence-corrected chi connectivity index (χ4v) is 4.90. The lowest BCUT2D eigenvalue weighted by Crippen LogP contribution is -2.41. The normalized spacial score (nSPS) is 19.3. The highest BCUT2D eigenvalue weighted by Gasteiger charge is 2.33. The predicted molar refractivity (Wildman–Crippen MR) is 132 cm³/mol. The molecule has 4 heterocycles. The number of hydrogen-bond acceptors (Lipinski definition) is 8. The Bertz CT molecular complexity index is 1400. The third kappa shape index (κ3) is 5.02. The van der Waals surface area contributed by atoms with Crippen molar-refractivity contribution in [1.29, 1.82) is 5.26 Å². The molecular weight excluding hydrogens is 476 g/mol. The number of nitriles is 1. The number of carbonyl (C=O) groups is 3. The van der Waals surface area contributed by atoms with Crippen molar-refractivity contribution >= 4 is 29.1 Å². The van der Waals surface area contributed by atoms with Crippen LogP contribution in [0.4, 0.5) is 10.5 Å². The summed E-state index contributed by atoms with van der Waals surface area (Å²) < 4.78 is 6.76. The van der Waals surface area contributed by atoms with E-state index < -0.39 is 11.8 Å². The van der Waals surface area contributed by atoms with Crippen molar-refractivity contribution < 1.29 is 19.1 Å². The van der Waals surface area contributed by atoms with E-state index in [1.807, 2.05) is 12.1 Å². The summed E-state index contributed by atoms with van der Waals surface area (Å²) in [7, 11) is 0. The summed E-state index contributed by atoms with van der Waals surface area (Å²) in [5, 5.41) is 19.5. The predicted octanol–water partition coefficient (Wildman–Crippen LogP) is 1.66. The Morgan fingerprint density at radius 1 is 1.19 bits per heavy atom. The van der Waals surface area contributed by atoms with Crippen molar-refractivity contribution in [3.8, 4) is 17.5 Å². The van der Waals surface area contributed by atoms with Crippen molar-refractivity contribution in [2.75, 3.05) is 25.0 Å². The number of pyridine rings is 1. The van der Waals surface area contributed by atoms with Gasteiger partial charge in [-0.3, -0.25) is 14.6 Å². The zero-order valence-corrected chi connectivity index (χ0v) is 20.0. The number of cyclic esters (lactones) is 1. The molecule has 37 heavy (non-hydrogen) atoms. The summed E-state index contributed by atoms with van der Waals surface area (Å²) in [6.45, 7) is 0.766. The quantitative estimate of drug-likeness (QED) is 0.438. The van der Waals surface area contributed by atoms with Gasteiger partial charge in [-0.25, -0.2) is 9.31 Å². The topological polar surface area (TPSA) is 168 Å². The van der Waals surface area contributed by atoms with Crippen LogP contribution in [-0.4, -0.2) is 69.2 Å². The van der Waals surface area contributed by atoms with Crippen LogP contribution in [0, 0.1) is 11.3 Å². The zero-order chi connectivity index (χ0) is 25.9. The second kappa shape index (κ2) is 10.1. The SMILES string of the molecule is N#Cc1cnn2c(-c3cc(N[C@H]4CC[C@H](N5CCOC5=O)CC4)c(C(=O)NCC(N)=O)cn3)ccc2c1. The number of nitrogens with zero attached hydrogens (tertiary/aromatic N) is 5. The van der Waals surface area contributed by atoms with Crippen LogP contribution >= 0.6 is 0 Å². The first-order valence-electron chi connectivity index (χ1n) is 12.1. The number of rotatable bonds is 7. The molecule has 3 amide bonds. The maximum atomic E-state index is 12.8. The van der Waals surface area contributed by atoms with E-state index in [0.29, 0.717) is 35.8 Å². The average Bonchev–Trinajstić information content (AvgIpc) is 3.53. The number of ether oxygens (including phenoxy) is 1. The largest absolute Gasteiger partial charge is 0.448 e. The number of amides is 3. The standard InChI is InChI=1S/C25H26N8O4/c26-11-15-9-18-5-6-22(33(18)30-12-15)21-10-20(19(13-28-21)24(35)29-14-23(27)34)31-16-1-3-17(4-2-16)32-7-8-37-25(32)36/h5-6,9-10,12-13,16-17H,1-4,7-8,14H2,(H2,27,34)(H,28,31)(H,29,35)/t16-,17-. The molecule has 0 spiro atoms. The van der Waals surface area contributed by atoms with Crippen molar-refractivity contribution in [3.63, 3.8) is 0 Å². The van der Waals surface area contributed by atoms with Gasteiger partial charge in [-0.2, -0.15) is 10.4 Å². The van der Waals surface area contributed by atoms with Crippen LogP contribution in [0.15, 0.2) is 36.7 Å². The Hall–Kier alpha value is -4.66. The summed E-state index contributed by atoms with van der Waals surface area (Å²) in [5.74, 6) is -1.11. The van der Waals surface area contributed by atoms with E-state index >= 15 is 0 Å². The molecule has 0 unspecified atom stereocenters. The summed E-state index contributed by atoms with van der Waals surface area (Å²) in [4.78, 5) is 42.3. The second-order valence-electron chi connectivity index (χ2n) is 9.13. The Balaban J connectivity index is 1.40. The Morgan fingerprint density at radius 2 is 2.00 bits per heavy atom. The molecule has 3 aromatic heterocycles. The van der Waals surface area contributed by atoms with Gasteiger partial charge >= 0.3 is 6.09 Å². The Kier molecular flexibility index (Phi) is 6.59. The lowest BCUT2D eigenvalue weighted by molar-refractivity contribution is -0.117. The molecular formula is C25H26N8O4. The van der Waals surface area contributed by atoms with Crippen LogP contribution in [-0.2, 0) is 9.53 Å². The van der Waals surface area contributed by atoms with Gasteiger partial charge in [0.05, 0.1) is 53.0 Å². The molecule has 12 nitrogen and oxygen atoms in total. The third-order valence-corrected chi connectivity index (χ3v) is 6.75. The molecule has 1 saturated heterocycles. The average molecular weight is 503 g/mol. The monoisotopic (exact) mass is 502 g/mol. The van der Waals surface area contributed by atoms with Crippen LogP contribution in [0.3, 0.4) is 0 Å². The molecule has 12 heteroatoms. The molecule has 2 fully saturated rings. The highest BCUT2D eigenvalue weighted by Crippen LogP contribution is 2.30. The van der Waals surface area contributed by atoms with Gasteiger partial charge in [-0.1, -0.05) is 0 Å². The number of anilines is 1. The molecule has 2 aliphatic rings. The van der Waals surface area contributed by atoms with Gasteiger partial charge in [0, 0.05) is 18.3 Å². The van der Waals surface area contributed by atoms with Gasteiger partial charge in [0.1, 0.15) is 12.7 Å². The first kappa shape index (κ1) is 24.1. The maximum Gasteiger partial charge on any atom is 0.410 e. The number of nitrogens with two attached hydrogens (primary N) is 1. The van der Waals surface area contributed by atoms with Gasteiger partial charge in [0.2, 0.25) is 5.91 Å². The number of fused-ring (bicyclic) bond motifs is 1. The molecule has 5 rings (SSSR count). The van der Waals surface area contributed by atoms with Gasteiger partial charge in [-0.05, 0) is 49.9 Å². The summed E-state index contributed by atoms with van der Waals surface area (Å²) >= 11 is 0. The maximum absolute atomic E-state index is 12.8. The molecule has 4 N–H and O–H groups in total. The van der Waals surface area contributed by atoms with E-state index in [2.05, 4.69) is 26.8 Å². The fourth-order valence-electron chi connectivity index (χ4n) is 4.90. The Morgan fingerprint density at radius 3 is 2.70 bits per heavy atom. The number of hydrogen-bond donors (Lipinski definition) is 3. The minimum absolute atomic E-state index is 0.0770. The lowest BCUT2D eigenvalue weighted by atomic mass is 9.90. The van der Waals surface area contributed by atoms with E-state index in [4.69, 9.17) is 15.7 Å². The molecule has 1 saturated carbocycles. The van der Waals surface area contributed by atoms with Crippen molar-refractivity contribution in [2.24, 2.45) is 5.73 Å². The highest BCUT2D eigenvalue weighted by atomic mass is 16.6. The lowest BCUT2D eigenvalue weighted by Gasteiger charge is -2.34. The second-order valence-corrected chi connectivity index (χ2v) is 9.13. The number of nitrogens with one attached hydrogen (secondary N) is 2. The molecule has 1 aliphatic heterocycles. The molecule has 0 atom stereocenters. The summed E-state index contributed by atoms with van der Waals surface area (Å²) in [6.07, 6.45) is 5.95. The molecule has 190 valence electrons.